The van der Waals surface area contributed by atoms with Gasteiger partial charge in [-0.05, 0) is 12.8 Å². The van der Waals surface area contributed by atoms with E-state index in [1.165, 1.54) is 0 Å². The molecule has 1 saturated carbocycles. The van der Waals surface area contributed by atoms with Crippen LogP contribution in [0.15, 0.2) is 12.4 Å². The van der Waals surface area contributed by atoms with Crippen LogP contribution >= 0.6 is 11.6 Å². The van der Waals surface area contributed by atoms with Crippen LogP contribution in [0.2, 0.25) is 5.02 Å². The monoisotopic (exact) mass is 357 g/mol. The van der Waals surface area contributed by atoms with Gasteiger partial charge in [-0.2, -0.15) is 5.10 Å². The van der Waals surface area contributed by atoms with Crippen LogP contribution in [-0.2, 0) is 16.1 Å². The van der Waals surface area contributed by atoms with Crippen LogP contribution in [0.5, 0.6) is 0 Å². The molecule has 7 nitrogen and oxygen atoms in total. The van der Waals surface area contributed by atoms with Gasteiger partial charge in [0.05, 0.1) is 36.6 Å². The standard InChI is InChI=1S/C16H24ClN3O4/c17-12-10-18-20(11-12)4-1-15(23)19-5-2-16(3-6-19)13(22)9-14(16)24-8-7-21/h10-11,13-14,21-22H,1-9H2/t13-,14+/m1/s1. The maximum Gasteiger partial charge on any atom is 0.224 e. The molecule has 2 aliphatic rings. The number of amides is 1. The molecule has 2 fully saturated rings. The molecule has 1 aromatic rings. The Balaban J connectivity index is 1.48. The Kier molecular flexibility index (Phi) is 5.44. The summed E-state index contributed by atoms with van der Waals surface area (Å²) in [7, 11) is 0. The van der Waals surface area contributed by atoms with E-state index in [0.717, 1.165) is 12.8 Å². The van der Waals surface area contributed by atoms with E-state index in [4.69, 9.17) is 21.4 Å². The van der Waals surface area contributed by atoms with Gasteiger partial charge in [-0.25, -0.2) is 0 Å². The maximum absolute atomic E-state index is 12.4. The molecular weight excluding hydrogens is 334 g/mol. The molecule has 1 amide bonds. The number of halogens is 1. The number of carbonyl (C=O) groups excluding carboxylic acids is 1. The Bertz CT molecular complexity index is 571. The van der Waals surface area contributed by atoms with Crippen LogP contribution < -0.4 is 0 Å². The highest BCUT2D eigenvalue weighted by Gasteiger charge is 2.56. The van der Waals surface area contributed by atoms with Crippen LogP contribution in [0.1, 0.15) is 25.7 Å². The number of aryl methyl sites for hydroxylation is 1. The fraction of sp³-hybridized carbons (Fsp3) is 0.750. The molecule has 0 unspecified atom stereocenters. The lowest BCUT2D eigenvalue weighted by Gasteiger charge is -2.56. The second-order valence-electron chi connectivity index (χ2n) is 6.62. The second kappa shape index (κ2) is 7.39. The highest BCUT2D eigenvalue weighted by molar-refractivity contribution is 6.30. The van der Waals surface area contributed by atoms with Crippen molar-refractivity contribution in [3.8, 4) is 0 Å². The van der Waals surface area contributed by atoms with Gasteiger partial charge >= 0.3 is 0 Å². The largest absolute Gasteiger partial charge is 0.394 e. The molecule has 24 heavy (non-hydrogen) atoms. The molecule has 1 aromatic heterocycles. The second-order valence-corrected chi connectivity index (χ2v) is 7.06. The number of aliphatic hydroxyl groups is 2. The smallest absolute Gasteiger partial charge is 0.224 e. The summed E-state index contributed by atoms with van der Waals surface area (Å²) in [5, 5.41) is 23.7. The SMILES string of the molecule is O=C(CCn1cc(Cl)cn1)N1CCC2(CC1)[C@H](O)C[C@@H]2OCCO. The number of rotatable bonds is 6. The summed E-state index contributed by atoms with van der Waals surface area (Å²) in [5.74, 6) is 0.0955. The summed E-state index contributed by atoms with van der Waals surface area (Å²) in [4.78, 5) is 14.2. The molecule has 0 radical (unpaired) electrons. The Morgan fingerprint density at radius 3 is 2.79 bits per heavy atom. The average Bonchev–Trinajstić information content (AvgIpc) is 3.01. The predicted molar refractivity (Wildman–Crippen MR) is 87.6 cm³/mol. The highest BCUT2D eigenvalue weighted by Crippen LogP contribution is 2.50. The van der Waals surface area contributed by atoms with Gasteiger partial charge in [-0.3, -0.25) is 9.48 Å². The number of hydrogen-bond donors (Lipinski definition) is 2. The zero-order valence-corrected chi connectivity index (χ0v) is 14.4. The first-order valence-electron chi connectivity index (χ1n) is 8.41. The molecule has 1 aliphatic carbocycles. The van der Waals surface area contributed by atoms with Gasteiger partial charge in [-0.15, -0.1) is 0 Å². The van der Waals surface area contributed by atoms with E-state index in [2.05, 4.69) is 5.10 Å². The van der Waals surface area contributed by atoms with Gasteiger partial charge < -0.3 is 19.8 Å². The van der Waals surface area contributed by atoms with Crippen molar-refractivity contribution in [1.29, 1.82) is 0 Å². The number of hydrogen-bond acceptors (Lipinski definition) is 5. The Labute approximate surface area is 146 Å². The molecule has 0 bridgehead atoms. The first-order chi connectivity index (χ1) is 11.5. The zero-order chi connectivity index (χ0) is 17.2. The van der Waals surface area contributed by atoms with Crippen molar-refractivity contribution >= 4 is 17.5 Å². The van der Waals surface area contributed by atoms with E-state index in [1.807, 2.05) is 4.90 Å². The third-order valence-corrected chi connectivity index (χ3v) is 5.55. The molecule has 1 saturated heterocycles. The molecule has 2 atom stereocenters. The summed E-state index contributed by atoms with van der Waals surface area (Å²) in [5.41, 5.74) is -0.249. The van der Waals surface area contributed by atoms with Gasteiger partial charge in [0.25, 0.3) is 0 Å². The molecule has 8 heteroatoms. The Morgan fingerprint density at radius 1 is 1.46 bits per heavy atom. The summed E-state index contributed by atoms with van der Waals surface area (Å²) in [6, 6.07) is 0. The van der Waals surface area contributed by atoms with Crippen LogP contribution in [0, 0.1) is 5.41 Å². The summed E-state index contributed by atoms with van der Waals surface area (Å²) >= 11 is 5.81. The molecule has 2 heterocycles. The van der Waals surface area contributed by atoms with E-state index in [1.54, 1.807) is 17.1 Å². The van der Waals surface area contributed by atoms with Crippen molar-refractivity contribution in [3.63, 3.8) is 0 Å². The molecule has 0 aromatic carbocycles. The minimum absolute atomic E-state index is 0.00920. The van der Waals surface area contributed by atoms with Crippen molar-refractivity contribution < 1.29 is 19.7 Å². The van der Waals surface area contributed by atoms with Gasteiger partial charge in [0, 0.05) is 44.1 Å². The van der Waals surface area contributed by atoms with Crippen molar-refractivity contribution in [3.05, 3.63) is 17.4 Å². The average molecular weight is 358 g/mol. The number of nitrogens with zero attached hydrogens (tertiary/aromatic N) is 3. The molecule has 2 N–H and O–H groups in total. The van der Waals surface area contributed by atoms with Crippen molar-refractivity contribution in [2.75, 3.05) is 26.3 Å². The lowest BCUT2D eigenvalue weighted by Crippen LogP contribution is -2.62. The maximum atomic E-state index is 12.4. The summed E-state index contributed by atoms with van der Waals surface area (Å²) < 4.78 is 7.32. The van der Waals surface area contributed by atoms with Crippen molar-refractivity contribution in [1.82, 2.24) is 14.7 Å². The fourth-order valence-corrected chi connectivity index (χ4v) is 3.97. The zero-order valence-electron chi connectivity index (χ0n) is 13.6. The number of carbonyl (C=O) groups is 1. The molecule has 1 aliphatic heterocycles. The van der Waals surface area contributed by atoms with Gasteiger partial charge in [-0.1, -0.05) is 11.6 Å². The number of piperidine rings is 1. The van der Waals surface area contributed by atoms with Gasteiger partial charge in [0.1, 0.15) is 0 Å². The molecule has 134 valence electrons. The Hall–Kier alpha value is -1.15. The summed E-state index contributed by atoms with van der Waals surface area (Å²) in [6.07, 6.45) is 5.36. The number of likely N-dealkylation sites (tertiary alicyclic amines) is 1. The first-order valence-corrected chi connectivity index (χ1v) is 8.79. The minimum atomic E-state index is -0.371. The molecule has 1 spiro atoms. The van der Waals surface area contributed by atoms with E-state index >= 15 is 0 Å². The van der Waals surface area contributed by atoms with E-state index in [-0.39, 0.29) is 30.1 Å². The van der Waals surface area contributed by atoms with Crippen molar-refractivity contribution in [2.24, 2.45) is 5.41 Å². The topological polar surface area (TPSA) is 87.8 Å². The van der Waals surface area contributed by atoms with Gasteiger partial charge in [0.2, 0.25) is 5.91 Å². The summed E-state index contributed by atoms with van der Waals surface area (Å²) in [6.45, 7) is 2.07. The third kappa shape index (κ3) is 3.44. The van der Waals surface area contributed by atoms with E-state index in [0.29, 0.717) is 44.1 Å². The van der Waals surface area contributed by atoms with Crippen LogP contribution in [0.4, 0.5) is 0 Å². The van der Waals surface area contributed by atoms with Crippen LogP contribution in [0.25, 0.3) is 0 Å². The molecule has 3 rings (SSSR count). The highest BCUT2D eigenvalue weighted by atomic mass is 35.5. The quantitative estimate of drug-likeness (QED) is 0.781. The molecular formula is C16H24ClN3O4. The predicted octanol–water partition coefficient (Wildman–Crippen LogP) is 0.677. The van der Waals surface area contributed by atoms with Crippen molar-refractivity contribution in [2.45, 2.75) is 44.4 Å². The van der Waals surface area contributed by atoms with E-state index < -0.39 is 0 Å². The van der Waals surface area contributed by atoms with E-state index in [9.17, 15) is 9.90 Å². The lowest BCUT2D eigenvalue weighted by atomic mass is 9.58. The van der Waals surface area contributed by atoms with Crippen LogP contribution in [-0.4, -0.2) is 69.3 Å². The number of aliphatic hydroxyl groups excluding tert-OH is 2. The first kappa shape index (κ1) is 17.7. The number of ether oxygens (including phenoxy) is 1. The third-order valence-electron chi connectivity index (χ3n) is 5.36. The van der Waals surface area contributed by atoms with Gasteiger partial charge in [0.15, 0.2) is 0 Å². The lowest BCUT2D eigenvalue weighted by molar-refractivity contribution is -0.213. The fourth-order valence-electron chi connectivity index (χ4n) is 3.81. The van der Waals surface area contributed by atoms with Crippen LogP contribution in [0.3, 0.4) is 0 Å². The Morgan fingerprint density at radius 2 is 2.21 bits per heavy atom. The number of aromatic nitrogens is 2. The minimum Gasteiger partial charge on any atom is -0.394 e. The normalized spacial score (nSPS) is 25.7.